The standard InChI is InChI=1S/C18H15ClFNO5/c19-14-7-11(8-15-17(14)25-6-2-5-24-15)18(23)26-10-16(22)21-13-4-1-3-12(20)9-13/h1,3-4,7-9H,2,5-6,10H2,(H,21,22). The lowest BCUT2D eigenvalue weighted by molar-refractivity contribution is -0.119. The topological polar surface area (TPSA) is 73.9 Å². The number of fused-ring (bicyclic) bond motifs is 1. The summed E-state index contributed by atoms with van der Waals surface area (Å²) in [5, 5.41) is 2.65. The van der Waals surface area contributed by atoms with E-state index in [1.807, 2.05) is 0 Å². The van der Waals surface area contributed by atoms with Gasteiger partial charge in [-0.15, -0.1) is 0 Å². The van der Waals surface area contributed by atoms with Crippen LogP contribution in [0.2, 0.25) is 5.02 Å². The number of ether oxygens (including phenoxy) is 3. The first-order valence-electron chi connectivity index (χ1n) is 7.84. The third-order valence-electron chi connectivity index (χ3n) is 3.48. The molecule has 2 aromatic rings. The van der Waals surface area contributed by atoms with Crippen molar-refractivity contribution in [3.63, 3.8) is 0 Å². The lowest BCUT2D eigenvalue weighted by Crippen LogP contribution is -2.21. The van der Waals surface area contributed by atoms with Gasteiger partial charge >= 0.3 is 5.97 Å². The van der Waals surface area contributed by atoms with E-state index in [-0.39, 0.29) is 16.3 Å². The maximum atomic E-state index is 13.1. The number of anilines is 1. The molecule has 0 aromatic heterocycles. The van der Waals surface area contributed by atoms with Gasteiger partial charge in [0.25, 0.3) is 5.91 Å². The molecule has 1 aliphatic heterocycles. The predicted octanol–water partition coefficient (Wildman–Crippen LogP) is 3.44. The summed E-state index contributed by atoms with van der Waals surface area (Å²) in [6, 6.07) is 8.23. The Hall–Kier alpha value is -2.80. The van der Waals surface area contributed by atoms with E-state index in [1.54, 1.807) is 0 Å². The van der Waals surface area contributed by atoms with Crippen molar-refractivity contribution in [2.24, 2.45) is 0 Å². The highest BCUT2D eigenvalue weighted by atomic mass is 35.5. The summed E-state index contributed by atoms with van der Waals surface area (Å²) in [6.45, 7) is 0.385. The normalized spacial score (nSPS) is 12.8. The first-order valence-corrected chi connectivity index (χ1v) is 8.22. The Morgan fingerprint density at radius 3 is 2.81 bits per heavy atom. The van der Waals surface area contributed by atoms with Crippen molar-refractivity contribution < 1.29 is 28.2 Å². The maximum absolute atomic E-state index is 13.1. The molecule has 0 aliphatic carbocycles. The Morgan fingerprint density at radius 1 is 1.19 bits per heavy atom. The van der Waals surface area contributed by atoms with Gasteiger partial charge in [0, 0.05) is 12.1 Å². The van der Waals surface area contributed by atoms with Gasteiger partial charge < -0.3 is 19.5 Å². The fourth-order valence-electron chi connectivity index (χ4n) is 2.33. The second-order valence-corrected chi connectivity index (χ2v) is 5.88. The van der Waals surface area contributed by atoms with Crippen molar-refractivity contribution in [3.8, 4) is 11.5 Å². The summed E-state index contributed by atoms with van der Waals surface area (Å²) >= 11 is 6.12. The fraction of sp³-hybridized carbons (Fsp3) is 0.222. The number of amides is 1. The molecule has 1 amide bonds. The minimum absolute atomic E-state index is 0.137. The van der Waals surface area contributed by atoms with E-state index in [0.29, 0.717) is 31.1 Å². The molecule has 1 heterocycles. The summed E-state index contributed by atoms with van der Waals surface area (Å²) in [5.41, 5.74) is 0.405. The highest BCUT2D eigenvalue weighted by molar-refractivity contribution is 6.32. The van der Waals surface area contributed by atoms with Gasteiger partial charge in [-0.05, 0) is 30.3 Å². The van der Waals surface area contributed by atoms with Crippen LogP contribution < -0.4 is 14.8 Å². The number of hydrogen-bond acceptors (Lipinski definition) is 5. The van der Waals surface area contributed by atoms with Gasteiger partial charge in [0.1, 0.15) is 5.82 Å². The van der Waals surface area contributed by atoms with Gasteiger partial charge in [0.2, 0.25) is 0 Å². The predicted molar refractivity (Wildman–Crippen MR) is 92.4 cm³/mol. The van der Waals surface area contributed by atoms with E-state index >= 15 is 0 Å². The minimum atomic E-state index is -0.739. The SMILES string of the molecule is O=C(COC(=O)c1cc(Cl)c2c(c1)OCCCO2)Nc1cccc(F)c1. The lowest BCUT2D eigenvalue weighted by atomic mass is 10.2. The van der Waals surface area contributed by atoms with E-state index in [2.05, 4.69) is 5.32 Å². The second kappa shape index (κ2) is 8.05. The molecule has 6 nitrogen and oxygen atoms in total. The molecule has 2 aromatic carbocycles. The molecule has 0 unspecified atom stereocenters. The monoisotopic (exact) mass is 379 g/mol. The van der Waals surface area contributed by atoms with Crippen molar-refractivity contribution in [3.05, 3.63) is 52.8 Å². The summed E-state index contributed by atoms with van der Waals surface area (Å²) in [5.74, 6) is -1.08. The highest BCUT2D eigenvalue weighted by Crippen LogP contribution is 2.38. The number of nitrogens with one attached hydrogen (secondary N) is 1. The number of hydrogen-bond donors (Lipinski definition) is 1. The highest BCUT2D eigenvalue weighted by Gasteiger charge is 2.19. The second-order valence-electron chi connectivity index (χ2n) is 5.47. The van der Waals surface area contributed by atoms with E-state index in [1.165, 1.54) is 30.3 Å². The van der Waals surface area contributed by atoms with E-state index in [4.69, 9.17) is 25.8 Å². The molecule has 0 saturated heterocycles. The molecular weight excluding hydrogens is 365 g/mol. The van der Waals surface area contributed by atoms with Gasteiger partial charge in [-0.25, -0.2) is 9.18 Å². The number of carbonyl (C=O) groups is 2. The van der Waals surface area contributed by atoms with Gasteiger partial charge in [0.15, 0.2) is 18.1 Å². The molecule has 0 saturated carbocycles. The average Bonchev–Trinajstić information content (AvgIpc) is 2.85. The Bertz CT molecular complexity index is 842. The van der Waals surface area contributed by atoms with Crippen molar-refractivity contribution in [2.45, 2.75) is 6.42 Å². The number of rotatable bonds is 4. The Kier molecular flexibility index (Phi) is 5.58. The van der Waals surface area contributed by atoms with Crippen molar-refractivity contribution in [1.29, 1.82) is 0 Å². The molecule has 0 bridgehead atoms. The average molecular weight is 380 g/mol. The molecule has 1 N–H and O–H groups in total. The third kappa shape index (κ3) is 4.43. The van der Waals surface area contributed by atoms with Crippen LogP contribution in [0.3, 0.4) is 0 Å². The zero-order chi connectivity index (χ0) is 18.5. The largest absolute Gasteiger partial charge is 0.489 e. The van der Waals surface area contributed by atoms with Crippen LogP contribution in [-0.4, -0.2) is 31.7 Å². The molecule has 0 radical (unpaired) electrons. The molecule has 0 spiro atoms. The van der Waals surface area contributed by atoms with Crippen LogP contribution in [0.15, 0.2) is 36.4 Å². The summed E-state index contributed by atoms with van der Waals surface area (Å²) < 4.78 is 29.0. The van der Waals surface area contributed by atoms with Crippen LogP contribution in [-0.2, 0) is 9.53 Å². The number of esters is 1. The van der Waals surface area contributed by atoms with Crippen LogP contribution in [0.25, 0.3) is 0 Å². The Balaban J connectivity index is 1.62. The Labute approximate surface area is 153 Å². The van der Waals surface area contributed by atoms with Crippen molar-refractivity contribution >= 4 is 29.2 Å². The van der Waals surface area contributed by atoms with Gasteiger partial charge in [0.05, 0.1) is 23.8 Å². The number of carbonyl (C=O) groups excluding carboxylic acids is 2. The van der Waals surface area contributed by atoms with Crippen LogP contribution in [0, 0.1) is 5.82 Å². The first kappa shape index (κ1) is 18.0. The lowest BCUT2D eigenvalue weighted by Gasteiger charge is -2.11. The van der Waals surface area contributed by atoms with E-state index in [9.17, 15) is 14.0 Å². The summed E-state index contributed by atoms with van der Waals surface area (Å²) in [6.07, 6.45) is 0.699. The first-order chi connectivity index (χ1) is 12.5. The summed E-state index contributed by atoms with van der Waals surface area (Å²) in [4.78, 5) is 24.0. The van der Waals surface area contributed by atoms with Crippen LogP contribution in [0.4, 0.5) is 10.1 Å². The number of benzene rings is 2. The summed E-state index contributed by atoms with van der Waals surface area (Å²) in [7, 11) is 0. The molecule has 8 heteroatoms. The Morgan fingerprint density at radius 2 is 2.00 bits per heavy atom. The van der Waals surface area contributed by atoms with Gasteiger partial charge in [-0.2, -0.15) is 0 Å². The fourth-order valence-corrected chi connectivity index (χ4v) is 2.59. The van der Waals surface area contributed by atoms with Crippen LogP contribution in [0.1, 0.15) is 16.8 Å². The quantitative estimate of drug-likeness (QED) is 0.824. The van der Waals surface area contributed by atoms with Crippen LogP contribution >= 0.6 is 11.6 Å². The van der Waals surface area contributed by atoms with Crippen LogP contribution in [0.5, 0.6) is 11.5 Å². The third-order valence-corrected chi connectivity index (χ3v) is 3.76. The zero-order valence-corrected chi connectivity index (χ0v) is 14.3. The molecular formula is C18H15ClFNO5. The maximum Gasteiger partial charge on any atom is 0.338 e. The molecule has 26 heavy (non-hydrogen) atoms. The molecule has 0 fully saturated rings. The smallest absolute Gasteiger partial charge is 0.338 e. The van der Waals surface area contributed by atoms with E-state index < -0.39 is 24.3 Å². The number of halogens is 2. The molecule has 136 valence electrons. The van der Waals surface area contributed by atoms with Gasteiger partial charge in [-0.3, -0.25) is 4.79 Å². The van der Waals surface area contributed by atoms with Crippen molar-refractivity contribution in [1.82, 2.24) is 0 Å². The van der Waals surface area contributed by atoms with E-state index in [0.717, 1.165) is 6.07 Å². The zero-order valence-electron chi connectivity index (χ0n) is 13.6. The minimum Gasteiger partial charge on any atom is -0.489 e. The van der Waals surface area contributed by atoms with Gasteiger partial charge in [-0.1, -0.05) is 17.7 Å². The molecule has 0 atom stereocenters. The molecule has 1 aliphatic rings. The van der Waals surface area contributed by atoms with Crippen molar-refractivity contribution in [2.75, 3.05) is 25.1 Å². The molecule has 3 rings (SSSR count).